The van der Waals surface area contributed by atoms with Crippen LogP contribution in [0.1, 0.15) is 27.7 Å². The number of carbonyl (C=O) groups is 1. The molecule has 5 nitrogen and oxygen atoms in total. The number of halogens is 1. The van der Waals surface area contributed by atoms with Gasteiger partial charge < -0.3 is 19.3 Å². The normalized spacial score (nSPS) is 28.5. The minimum absolute atomic E-state index is 0.0348. The number of aliphatic hydroxyl groups is 1. The predicted octanol–water partition coefficient (Wildman–Crippen LogP) is 0.790. The minimum atomic E-state index is -2.51. The summed E-state index contributed by atoms with van der Waals surface area (Å²) in [7, 11) is 0. The molecule has 0 unspecified atom stereocenters. The van der Waals surface area contributed by atoms with E-state index < -0.39 is 29.6 Å². The van der Waals surface area contributed by atoms with Crippen LogP contribution in [0.2, 0.25) is 0 Å². The fourth-order valence-corrected chi connectivity index (χ4v) is 1.61. The molecule has 1 saturated heterocycles. The van der Waals surface area contributed by atoms with Crippen LogP contribution in [0, 0.1) is 0 Å². The maximum atomic E-state index is 14.1. The Morgan fingerprint density at radius 3 is 2.71 bits per heavy atom. The molecule has 1 fully saturated rings. The Hall–Kier alpha value is -0.720. The molecule has 1 aliphatic rings. The fraction of sp³-hybridized carbons (Fsp3) is 0.909. The molecule has 6 heteroatoms. The zero-order chi connectivity index (χ0) is 13.3. The SMILES string of the molecule is CCOC(=O)[C@@](C)(F)[C@H](O)[C@H]1COC(C)(C)O1. The Labute approximate surface area is 99.8 Å². The number of rotatable bonds is 4. The molecule has 1 heterocycles. The minimum Gasteiger partial charge on any atom is -0.464 e. The van der Waals surface area contributed by atoms with Gasteiger partial charge in [0.2, 0.25) is 5.67 Å². The first kappa shape index (κ1) is 14.3. The lowest BCUT2D eigenvalue weighted by atomic mass is 9.97. The average Bonchev–Trinajstić information content (AvgIpc) is 2.58. The van der Waals surface area contributed by atoms with E-state index in [-0.39, 0.29) is 13.2 Å². The Kier molecular flexibility index (Phi) is 4.11. The second kappa shape index (κ2) is 4.88. The van der Waals surface area contributed by atoms with E-state index in [2.05, 4.69) is 4.74 Å². The number of aliphatic hydroxyl groups excluding tert-OH is 1. The van der Waals surface area contributed by atoms with E-state index in [0.717, 1.165) is 6.92 Å². The lowest BCUT2D eigenvalue weighted by Gasteiger charge is -2.28. The molecule has 0 aliphatic carbocycles. The van der Waals surface area contributed by atoms with Gasteiger partial charge in [-0.2, -0.15) is 0 Å². The monoisotopic (exact) mass is 250 g/mol. The highest BCUT2D eigenvalue weighted by Gasteiger charge is 2.50. The first-order valence-corrected chi connectivity index (χ1v) is 5.56. The Bertz CT molecular complexity index is 290. The predicted molar refractivity (Wildman–Crippen MR) is 57.1 cm³/mol. The van der Waals surface area contributed by atoms with Crippen molar-refractivity contribution in [2.24, 2.45) is 0 Å². The van der Waals surface area contributed by atoms with Crippen molar-refractivity contribution in [3.63, 3.8) is 0 Å². The fourth-order valence-electron chi connectivity index (χ4n) is 1.61. The molecule has 0 amide bonds. The summed E-state index contributed by atoms with van der Waals surface area (Å²) in [5, 5.41) is 9.83. The molecule has 0 aromatic heterocycles. The number of hydrogen-bond donors (Lipinski definition) is 1. The molecule has 0 spiro atoms. The molecule has 0 saturated carbocycles. The van der Waals surface area contributed by atoms with Crippen molar-refractivity contribution in [2.75, 3.05) is 13.2 Å². The molecule has 0 radical (unpaired) electrons. The van der Waals surface area contributed by atoms with Crippen molar-refractivity contribution in [1.29, 1.82) is 0 Å². The van der Waals surface area contributed by atoms with Crippen LogP contribution in [-0.4, -0.2) is 48.0 Å². The average molecular weight is 250 g/mol. The Balaban J connectivity index is 2.69. The zero-order valence-electron chi connectivity index (χ0n) is 10.5. The summed E-state index contributed by atoms with van der Waals surface area (Å²) in [4.78, 5) is 11.4. The Morgan fingerprint density at radius 1 is 1.71 bits per heavy atom. The standard InChI is InChI=1S/C11H19FO5/c1-5-15-9(14)11(4,12)8(13)7-6-16-10(2,3)17-7/h7-8,13H,5-6H2,1-4H3/t7-,8-,11+/m1/s1. The summed E-state index contributed by atoms with van der Waals surface area (Å²) in [6.45, 7) is 5.94. The van der Waals surface area contributed by atoms with Gasteiger partial charge >= 0.3 is 5.97 Å². The van der Waals surface area contributed by atoms with Crippen molar-refractivity contribution in [3.8, 4) is 0 Å². The van der Waals surface area contributed by atoms with Crippen molar-refractivity contribution in [3.05, 3.63) is 0 Å². The van der Waals surface area contributed by atoms with Gasteiger partial charge in [-0.25, -0.2) is 9.18 Å². The molecular formula is C11H19FO5. The van der Waals surface area contributed by atoms with Gasteiger partial charge in [-0.3, -0.25) is 0 Å². The first-order chi connectivity index (χ1) is 7.70. The third-order valence-electron chi connectivity index (χ3n) is 2.61. The van der Waals surface area contributed by atoms with Crippen LogP contribution in [0.4, 0.5) is 4.39 Å². The number of carbonyl (C=O) groups excluding carboxylic acids is 1. The van der Waals surface area contributed by atoms with Gasteiger partial charge in [0.05, 0.1) is 13.2 Å². The number of ether oxygens (including phenoxy) is 3. The molecule has 0 aromatic carbocycles. The van der Waals surface area contributed by atoms with Crippen LogP contribution in [0.3, 0.4) is 0 Å². The third-order valence-corrected chi connectivity index (χ3v) is 2.61. The zero-order valence-corrected chi connectivity index (χ0v) is 10.5. The van der Waals surface area contributed by atoms with Crippen molar-refractivity contribution >= 4 is 5.97 Å². The molecule has 0 aromatic rings. The van der Waals surface area contributed by atoms with Crippen LogP contribution >= 0.6 is 0 Å². The maximum absolute atomic E-state index is 14.1. The van der Waals surface area contributed by atoms with Gasteiger partial charge in [0.1, 0.15) is 12.2 Å². The molecule has 3 atom stereocenters. The van der Waals surface area contributed by atoms with Crippen LogP contribution in [0.15, 0.2) is 0 Å². The highest BCUT2D eigenvalue weighted by molar-refractivity contribution is 5.79. The van der Waals surface area contributed by atoms with Crippen molar-refractivity contribution in [1.82, 2.24) is 0 Å². The lowest BCUT2D eigenvalue weighted by molar-refractivity contribution is -0.183. The molecule has 100 valence electrons. The van der Waals surface area contributed by atoms with Crippen LogP contribution in [0.25, 0.3) is 0 Å². The second-order valence-electron chi connectivity index (χ2n) is 4.61. The summed E-state index contributed by atoms with van der Waals surface area (Å²) in [5.41, 5.74) is -2.51. The van der Waals surface area contributed by atoms with Gasteiger partial charge in [-0.15, -0.1) is 0 Å². The third kappa shape index (κ3) is 3.14. The number of alkyl halides is 1. The van der Waals surface area contributed by atoms with E-state index >= 15 is 0 Å². The van der Waals surface area contributed by atoms with Gasteiger partial charge in [-0.1, -0.05) is 0 Å². The largest absolute Gasteiger partial charge is 0.464 e. The smallest absolute Gasteiger partial charge is 0.346 e. The molecule has 1 rings (SSSR count). The van der Waals surface area contributed by atoms with Crippen molar-refractivity contribution < 1.29 is 28.5 Å². The molecule has 0 bridgehead atoms. The van der Waals surface area contributed by atoms with E-state index in [1.54, 1.807) is 20.8 Å². The summed E-state index contributed by atoms with van der Waals surface area (Å²) < 4.78 is 29.2. The summed E-state index contributed by atoms with van der Waals surface area (Å²) in [5.74, 6) is -1.98. The number of esters is 1. The van der Waals surface area contributed by atoms with E-state index in [1.807, 2.05) is 0 Å². The van der Waals surface area contributed by atoms with E-state index in [0.29, 0.717) is 0 Å². The highest BCUT2D eigenvalue weighted by atomic mass is 19.1. The molecule has 1 N–H and O–H groups in total. The van der Waals surface area contributed by atoms with E-state index in [9.17, 15) is 14.3 Å². The molecule has 17 heavy (non-hydrogen) atoms. The van der Waals surface area contributed by atoms with Gasteiger partial charge in [0.15, 0.2) is 5.79 Å². The van der Waals surface area contributed by atoms with Crippen LogP contribution in [-0.2, 0) is 19.0 Å². The molecule has 1 aliphatic heterocycles. The Morgan fingerprint density at radius 2 is 2.29 bits per heavy atom. The van der Waals surface area contributed by atoms with Gasteiger partial charge in [0, 0.05) is 0 Å². The second-order valence-corrected chi connectivity index (χ2v) is 4.61. The summed E-state index contributed by atoms with van der Waals surface area (Å²) in [6.07, 6.45) is -2.51. The van der Waals surface area contributed by atoms with Crippen LogP contribution in [0.5, 0.6) is 0 Å². The van der Waals surface area contributed by atoms with E-state index in [4.69, 9.17) is 9.47 Å². The summed E-state index contributed by atoms with van der Waals surface area (Å²) >= 11 is 0. The summed E-state index contributed by atoms with van der Waals surface area (Å²) in [6, 6.07) is 0. The molecular weight excluding hydrogens is 231 g/mol. The highest BCUT2D eigenvalue weighted by Crippen LogP contribution is 2.30. The topological polar surface area (TPSA) is 65.0 Å². The number of hydrogen-bond acceptors (Lipinski definition) is 5. The van der Waals surface area contributed by atoms with E-state index in [1.165, 1.54) is 0 Å². The van der Waals surface area contributed by atoms with Crippen molar-refractivity contribution in [2.45, 2.75) is 51.4 Å². The van der Waals surface area contributed by atoms with Crippen LogP contribution < -0.4 is 0 Å². The first-order valence-electron chi connectivity index (χ1n) is 5.56. The quantitative estimate of drug-likeness (QED) is 0.747. The lowest BCUT2D eigenvalue weighted by Crippen LogP contribution is -2.51. The van der Waals surface area contributed by atoms with Gasteiger partial charge in [0.25, 0.3) is 0 Å². The van der Waals surface area contributed by atoms with Gasteiger partial charge in [-0.05, 0) is 27.7 Å². The maximum Gasteiger partial charge on any atom is 0.346 e.